The summed E-state index contributed by atoms with van der Waals surface area (Å²) in [6.45, 7) is 2.86. The Labute approximate surface area is 199 Å². The highest BCUT2D eigenvalue weighted by Gasteiger charge is 2.24. The number of hydrogen-bond donors (Lipinski definition) is 1. The van der Waals surface area contributed by atoms with Gasteiger partial charge in [0, 0.05) is 31.9 Å². The van der Waals surface area contributed by atoms with E-state index >= 15 is 0 Å². The summed E-state index contributed by atoms with van der Waals surface area (Å²) in [6.07, 6.45) is 0.250. The Hall–Kier alpha value is -4.12. The average Bonchev–Trinajstić information content (AvgIpc) is 2.89. The van der Waals surface area contributed by atoms with Gasteiger partial charge in [-0.2, -0.15) is 0 Å². The van der Waals surface area contributed by atoms with E-state index in [-0.39, 0.29) is 18.2 Å². The van der Waals surface area contributed by atoms with Crippen LogP contribution in [0.15, 0.2) is 97.1 Å². The average molecular weight is 450 g/mol. The molecule has 170 valence electrons. The van der Waals surface area contributed by atoms with Gasteiger partial charge in [0.25, 0.3) is 5.91 Å². The maximum absolute atomic E-state index is 13.3. The quantitative estimate of drug-likeness (QED) is 0.467. The Morgan fingerprint density at radius 1 is 0.706 bits per heavy atom. The Kier molecular flexibility index (Phi) is 6.25. The fraction of sp³-hybridized carbons (Fsp3) is 0.172. The van der Waals surface area contributed by atoms with E-state index in [1.165, 1.54) is 5.69 Å². The molecule has 0 aromatic heterocycles. The minimum Gasteiger partial charge on any atom is -0.368 e. The van der Waals surface area contributed by atoms with Gasteiger partial charge in [-0.05, 0) is 40.6 Å². The van der Waals surface area contributed by atoms with Crippen molar-refractivity contribution in [3.05, 3.63) is 108 Å². The first-order valence-electron chi connectivity index (χ1n) is 11.6. The lowest BCUT2D eigenvalue weighted by atomic mass is 10.0. The molecular weight excluding hydrogens is 422 g/mol. The van der Waals surface area contributed by atoms with Gasteiger partial charge in [-0.15, -0.1) is 0 Å². The molecule has 5 heteroatoms. The molecule has 0 radical (unpaired) electrons. The molecule has 1 heterocycles. The maximum Gasteiger partial charge on any atom is 0.256 e. The van der Waals surface area contributed by atoms with Gasteiger partial charge in [0.15, 0.2) is 0 Å². The van der Waals surface area contributed by atoms with E-state index in [0.29, 0.717) is 24.3 Å². The summed E-state index contributed by atoms with van der Waals surface area (Å²) in [5.74, 6) is -0.181. The van der Waals surface area contributed by atoms with E-state index < -0.39 is 0 Å². The zero-order valence-electron chi connectivity index (χ0n) is 19.0. The molecule has 4 aromatic rings. The van der Waals surface area contributed by atoms with Crippen LogP contribution in [-0.2, 0) is 11.2 Å². The molecule has 0 aliphatic carbocycles. The van der Waals surface area contributed by atoms with Crippen LogP contribution in [0.25, 0.3) is 10.8 Å². The topological polar surface area (TPSA) is 52.7 Å². The van der Waals surface area contributed by atoms with Gasteiger partial charge in [-0.1, -0.05) is 72.8 Å². The lowest BCUT2D eigenvalue weighted by Gasteiger charge is -2.36. The number of carbonyl (C=O) groups excluding carboxylic acids is 2. The first kappa shape index (κ1) is 21.7. The lowest BCUT2D eigenvalue weighted by molar-refractivity contribution is -0.115. The number of fused-ring (bicyclic) bond motifs is 1. The van der Waals surface area contributed by atoms with Crippen LogP contribution in [-0.4, -0.2) is 42.9 Å². The Bertz CT molecular complexity index is 1310. The van der Waals surface area contributed by atoms with Crippen LogP contribution in [0, 0.1) is 0 Å². The lowest BCUT2D eigenvalue weighted by Crippen LogP contribution is -2.48. The minimum absolute atomic E-state index is 0.0474. The second-order valence-corrected chi connectivity index (χ2v) is 8.52. The molecule has 0 spiro atoms. The van der Waals surface area contributed by atoms with Gasteiger partial charge in [0.1, 0.15) is 0 Å². The molecule has 34 heavy (non-hydrogen) atoms. The molecule has 0 atom stereocenters. The number of benzene rings is 4. The third-order valence-corrected chi connectivity index (χ3v) is 6.35. The number of hydrogen-bond acceptors (Lipinski definition) is 3. The SMILES string of the molecule is O=C(Cc1cccc2ccccc12)Nc1ccccc1C(=O)N1CCN(c2ccccc2)CC1. The van der Waals surface area contributed by atoms with Crippen LogP contribution in [0.2, 0.25) is 0 Å². The van der Waals surface area contributed by atoms with Crippen LogP contribution in [0.3, 0.4) is 0 Å². The largest absolute Gasteiger partial charge is 0.368 e. The molecule has 1 N–H and O–H groups in total. The molecule has 5 rings (SSSR count). The first-order chi connectivity index (χ1) is 16.7. The molecule has 1 saturated heterocycles. The van der Waals surface area contributed by atoms with Crippen molar-refractivity contribution >= 4 is 34.0 Å². The van der Waals surface area contributed by atoms with E-state index in [4.69, 9.17) is 0 Å². The fourth-order valence-corrected chi connectivity index (χ4v) is 4.57. The van der Waals surface area contributed by atoms with Gasteiger partial charge in [0.2, 0.25) is 5.91 Å². The summed E-state index contributed by atoms with van der Waals surface area (Å²) in [7, 11) is 0. The van der Waals surface area contributed by atoms with Crippen molar-refractivity contribution in [1.82, 2.24) is 4.90 Å². The van der Waals surface area contributed by atoms with E-state index in [9.17, 15) is 9.59 Å². The standard InChI is InChI=1S/C29H27N3O2/c33-28(21-23-11-8-10-22-9-4-5-14-25(22)23)30-27-16-7-6-15-26(27)29(34)32-19-17-31(18-20-32)24-12-2-1-3-13-24/h1-16H,17-21H2,(H,30,33). The number of nitrogens with zero attached hydrogens (tertiary/aromatic N) is 2. The third-order valence-electron chi connectivity index (χ3n) is 6.35. The second-order valence-electron chi connectivity index (χ2n) is 8.52. The number of para-hydroxylation sites is 2. The monoisotopic (exact) mass is 449 g/mol. The van der Waals surface area contributed by atoms with Crippen molar-refractivity contribution in [2.75, 3.05) is 36.4 Å². The zero-order valence-corrected chi connectivity index (χ0v) is 19.0. The van der Waals surface area contributed by atoms with Crippen molar-refractivity contribution in [3.63, 3.8) is 0 Å². The van der Waals surface area contributed by atoms with Crippen molar-refractivity contribution in [2.45, 2.75) is 6.42 Å². The van der Waals surface area contributed by atoms with Crippen LogP contribution in [0.4, 0.5) is 11.4 Å². The highest BCUT2D eigenvalue weighted by atomic mass is 16.2. The molecule has 0 saturated carbocycles. The summed E-state index contributed by atoms with van der Waals surface area (Å²) in [5, 5.41) is 5.16. The van der Waals surface area contributed by atoms with E-state index in [2.05, 4.69) is 22.3 Å². The van der Waals surface area contributed by atoms with Gasteiger partial charge >= 0.3 is 0 Å². The smallest absolute Gasteiger partial charge is 0.256 e. The predicted octanol–water partition coefficient (Wildman–Crippen LogP) is 4.98. The molecule has 0 bridgehead atoms. The number of anilines is 2. The number of piperazine rings is 1. The van der Waals surface area contributed by atoms with Crippen LogP contribution >= 0.6 is 0 Å². The van der Waals surface area contributed by atoms with Gasteiger partial charge in [-0.25, -0.2) is 0 Å². The van der Waals surface area contributed by atoms with Crippen molar-refractivity contribution in [2.24, 2.45) is 0 Å². The summed E-state index contributed by atoms with van der Waals surface area (Å²) in [4.78, 5) is 30.4. The highest BCUT2D eigenvalue weighted by Crippen LogP contribution is 2.22. The molecule has 1 aliphatic rings. The predicted molar refractivity (Wildman–Crippen MR) is 137 cm³/mol. The van der Waals surface area contributed by atoms with E-state index in [0.717, 1.165) is 29.4 Å². The Morgan fingerprint density at radius 2 is 1.38 bits per heavy atom. The molecular formula is C29H27N3O2. The number of amides is 2. The third kappa shape index (κ3) is 4.64. The summed E-state index contributed by atoms with van der Waals surface area (Å²) in [6, 6.07) is 31.6. The van der Waals surface area contributed by atoms with E-state index in [1.54, 1.807) is 12.1 Å². The second kappa shape index (κ2) is 9.79. The molecule has 0 unspecified atom stereocenters. The Morgan fingerprint density at radius 3 is 2.21 bits per heavy atom. The zero-order chi connectivity index (χ0) is 23.3. The minimum atomic E-state index is -0.134. The number of rotatable bonds is 5. The molecule has 4 aromatic carbocycles. The van der Waals surface area contributed by atoms with Crippen LogP contribution < -0.4 is 10.2 Å². The van der Waals surface area contributed by atoms with Crippen molar-refractivity contribution in [3.8, 4) is 0 Å². The van der Waals surface area contributed by atoms with Crippen LogP contribution in [0.5, 0.6) is 0 Å². The molecule has 2 amide bonds. The van der Waals surface area contributed by atoms with Crippen molar-refractivity contribution < 1.29 is 9.59 Å². The van der Waals surface area contributed by atoms with Gasteiger partial charge in [0.05, 0.1) is 17.7 Å². The normalized spacial score (nSPS) is 13.6. The van der Waals surface area contributed by atoms with Gasteiger partial charge in [-0.3, -0.25) is 9.59 Å². The van der Waals surface area contributed by atoms with Crippen LogP contribution in [0.1, 0.15) is 15.9 Å². The molecule has 5 nitrogen and oxygen atoms in total. The fourth-order valence-electron chi connectivity index (χ4n) is 4.57. The summed E-state index contributed by atoms with van der Waals surface area (Å²) < 4.78 is 0. The molecule has 1 fully saturated rings. The Balaban J connectivity index is 1.27. The first-order valence-corrected chi connectivity index (χ1v) is 11.6. The van der Waals surface area contributed by atoms with Crippen molar-refractivity contribution in [1.29, 1.82) is 0 Å². The van der Waals surface area contributed by atoms with E-state index in [1.807, 2.05) is 77.7 Å². The maximum atomic E-state index is 13.3. The molecule has 1 aliphatic heterocycles. The summed E-state index contributed by atoms with van der Waals surface area (Å²) >= 11 is 0. The van der Waals surface area contributed by atoms with Gasteiger partial charge < -0.3 is 15.1 Å². The number of carbonyl (C=O) groups is 2. The highest BCUT2D eigenvalue weighted by molar-refractivity contribution is 6.04. The summed E-state index contributed by atoms with van der Waals surface area (Å²) in [5.41, 5.74) is 3.23. The number of nitrogens with one attached hydrogen (secondary N) is 1.